The van der Waals surface area contributed by atoms with Crippen LogP contribution < -0.4 is 10.6 Å². The Bertz CT molecular complexity index is 726. The monoisotopic (exact) mass is 360 g/mol. The fourth-order valence-electron chi connectivity index (χ4n) is 1.96. The Hall–Kier alpha value is -2.67. The number of ether oxygens (including phenoxy) is 1. The lowest BCUT2D eigenvalue weighted by Crippen LogP contribution is -2.36. The molecular weight excluding hydrogens is 340 g/mol. The van der Waals surface area contributed by atoms with E-state index in [1.165, 1.54) is 18.3 Å². The van der Waals surface area contributed by atoms with Crippen molar-refractivity contribution < 1.29 is 19.1 Å². The van der Waals surface area contributed by atoms with E-state index < -0.39 is 12.1 Å². The average molecular weight is 360 g/mol. The molecule has 25 heavy (non-hydrogen) atoms. The smallest absolute Gasteiger partial charge is 0.338 e. The highest BCUT2D eigenvalue weighted by Crippen LogP contribution is 2.15. The topological polar surface area (TPSA) is 84.5 Å². The predicted octanol–water partition coefficient (Wildman–Crippen LogP) is 3.07. The van der Waals surface area contributed by atoms with E-state index in [2.05, 4.69) is 10.6 Å². The Labute approximate surface area is 150 Å². The standard InChI is InChI=1S/C18H20N2O4S/c1-3-10-19-16(21)12(2)24-18(23)13-6-8-14(9-7-13)20-17(22)15-5-4-11-25-15/h4-9,11-12H,3,10H2,1-2H3,(H,19,21)(H,20,22). The molecule has 2 rings (SSSR count). The van der Waals surface area contributed by atoms with Crippen molar-refractivity contribution in [3.8, 4) is 0 Å². The summed E-state index contributed by atoms with van der Waals surface area (Å²) >= 11 is 1.35. The molecule has 6 nitrogen and oxygen atoms in total. The number of rotatable bonds is 7. The first-order valence-electron chi connectivity index (χ1n) is 7.95. The number of esters is 1. The van der Waals surface area contributed by atoms with E-state index >= 15 is 0 Å². The highest BCUT2D eigenvalue weighted by atomic mass is 32.1. The third kappa shape index (κ3) is 5.42. The number of carbonyl (C=O) groups is 3. The fraction of sp³-hybridized carbons (Fsp3) is 0.278. The highest BCUT2D eigenvalue weighted by molar-refractivity contribution is 7.12. The number of carbonyl (C=O) groups excluding carboxylic acids is 3. The SMILES string of the molecule is CCCNC(=O)C(C)OC(=O)c1ccc(NC(=O)c2cccs2)cc1. The van der Waals surface area contributed by atoms with Crippen molar-refractivity contribution in [1.29, 1.82) is 0 Å². The second-order valence-corrected chi connectivity index (χ2v) is 6.30. The lowest BCUT2D eigenvalue weighted by Gasteiger charge is -2.13. The number of hydrogen-bond acceptors (Lipinski definition) is 5. The molecule has 0 saturated carbocycles. The van der Waals surface area contributed by atoms with Gasteiger partial charge < -0.3 is 15.4 Å². The molecule has 0 spiro atoms. The average Bonchev–Trinajstić information content (AvgIpc) is 3.14. The minimum absolute atomic E-state index is 0.202. The predicted molar refractivity (Wildman–Crippen MR) is 96.9 cm³/mol. The number of benzene rings is 1. The summed E-state index contributed by atoms with van der Waals surface area (Å²) < 4.78 is 5.14. The summed E-state index contributed by atoms with van der Waals surface area (Å²) in [6.45, 7) is 4.01. The van der Waals surface area contributed by atoms with Gasteiger partial charge >= 0.3 is 5.97 Å². The summed E-state index contributed by atoms with van der Waals surface area (Å²) in [5.74, 6) is -1.11. The van der Waals surface area contributed by atoms with Gasteiger partial charge in [0.25, 0.3) is 11.8 Å². The molecule has 1 aromatic carbocycles. The molecule has 1 atom stereocenters. The Morgan fingerprint density at radius 1 is 1.16 bits per heavy atom. The number of amides is 2. The first kappa shape index (κ1) is 18.7. The summed E-state index contributed by atoms with van der Waals surface area (Å²) in [6.07, 6.45) is -0.0531. The second kappa shape index (κ2) is 8.98. The number of hydrogen-bond donors (Lipinski definition) is 2. The van der Waals surface area contributed by atoms with Crippen molar-refractivity contribution in [3.63, 3.8) is 0 Å². The largest absolute Gasteiger partial charge is 0.449 e. The zero-order valence-electron chi connectivity index (χ0n) is 14.1. The molecule has 0 saturated heterocycles. The van der Waals surface area contributed by atoms with Crippen LogP contribution in [-0.2, 0) is 9.53 Å². The zero-order chi connectivity index (χ0) is 18.2. The second-order valence-electron chi connectivity index (χ2n) is 5.35. The Morgan fingerprint density at radius 3 is 2.48 bits per heavy atom. The molecule has 0 fully saturated rings. The van der Waals surface area contributed by atoms with Crippen molar-refractivity contribution in [2.24, 2.45) is 0 Å². The number of thiophene rings is 1. The third-order valence-electron chi connectivity index (χ3n) is 3.33. The van der Waals surface area contributed by atoms with E-state index in [1.54, 1.807) is 36.4 Å². The van der Waals surface area contributed by atoms with Gasteiger partial charge in [0.05, 0.1) is 10.4 Å². The van der Waals surface area contributed by atoms with Gasteiger partial charge in [-0.25, -0.2) is 4.79 Å². The van der Waals surface area contributed by atoms with Crippen LogP contribution >= 0.6 is 11.3 Å². The molecule has 7 heteroatoms. The Morgan fingerprint density at radius 2 is 1.88 bits per heavy atom. The van der Waals surface area contributed by atoms with Crippen LogP contribution in [0, 0.1) is 0 Å². The van der Waals surface area contributed by atoms with E-state index in [9.17, 15) is 14.4 Å². The normalized spacial score (nSPS) is 11.4. The first-order chi connectivity index (χ1) is 12.0. The Kier molecular flexibility index (Phi) is 6.71. The summed E-state index contributed by atoms with van der Waals surface area (Å²) in [4.78, 5) is 36.4. The van der Waals surface area contributed by atoms with Crippen LogP contribution in [-0.4, -0.2) is 30.4 Å². The van der Waals surface area contributed by atoms with Crippen LogP contribution in [0.25, 0.3) is 0 Å². The summed E-state index contributed by atoms with van der Waals surface area (Å²) in [5.41, 5.74) is 0.882. The van der Waals surface area contributed by atoms with Crippen LogP contribution in [0.3, 0.4) is 0 Å². The molecule has 1 heterocycles. The minimum atomic E-state index is -0.864. The van der Waals surface area contributed by atoms with Gasteiger partial charge in [0.2, 0.25) is 0 Å². The molecule has 2 N–H and O–H groups in total. The lowest BCUT2D eigenvalue weighted by atomic mass is 10.2. The summed E-state index contributed by atoms with van der Waals surface area (Å²) in [6, 6.07) is 9.85. The highest BCUT2D eigenvalue weighted by Gasteiger charge is 2.18. The molecule has 1 aromatic heterocycles. The van der Waals surface area contributed by atoms with E-state index in [1.807, 2.05) is 12.3 Å². The molecule has 0 aliphatic heterocycles. The maximum atomic E-state index is 12.1. The van der Waals surface area contributed by atoms with Gasteiger partial charge in [-0.15, -0.1) is 11.3 Å². The van der Waals surface area contributed by atoms with Crippen molar-refractivity contribution >= 4 is 34.8 Å². The van der Waals surface area contributed by atoms with Gasteiger partial charge in [0, 0.05) is 12.2 Å². The Balaban J connectivity index is 1.91. The molecule has 2 amide bonds. The van der Waals surface area contributed by atoms with E-state index in [-0.39, 0.29) is 11.8 Å². The molecular formula is C18H20N2O4S. The van der Waals surface area contributed by atoms with Gasteiger partial charge in [-0.1, -0.05) is 13.0 Å². The van der Waals surface area contributed by atoms with Crippen LogP contribution in [0.2, 0.25) is 0 Å². The molecule has 132 valence electrons. The van der Waals surface area contributed by atoms with Crippen LogP contribution in [0.4, 0.5) is 5.69 Å². The van der Waals surface area contributed by atoms with Crippen molar-refractivity contribution in [1.82, 2.24) is 5.32 Å². The van der Waals surface area contributed by atoms with Crippen molar-refractivity contribution in [3.05, 3.63) is 52.2 Å². The zero-order valence-corrected chi connectivity index (χ0v) is 14.9. The van der Waals surface area contributed by atoms with Crippen LogP contribution in [0.15, 0.2) is 41.8 Å². The van der Waals surface area contributed by atoms with Gasteiger partial charge in [0.15, 0.2) is 6.10 Å². The summed E-state index contributed by atoms with van der Waals surface area (Å²) in [7, 11) is 0. The van der Waals surface area contributed by atoms with Crippen LogP contribution in [0.1, 0.15) is 40.3 Å². The molecule has 0 bridgehead atoms. The van der Waals surface area contributed by atoms with Gasteiger partial charge in [0.1, 0.15) is 0 Å². The quantitative estimate of drug-likeness (QED) is 0.743. The van der Waals surface area contributed by atoms with Gasteiger partial charge in [-0.3, -0.25) is 9.59 Å². The maximum absolute atomic E-state index is 12.1. The fourth-order valence-corrected chi connectivity index (χ4v) is 2.58. The van der Waals surface area contributed by atoms with E-state index in [0.717, 1.165) is 6.42 Å². The molecule has 0 radical (unpaired) electrons. The number of anilines is 1. The third-order valence-corrected chi connectivity index (χ3v) is 4.19. The van der Waals surface area contributed by atoms with Gasteiger partial charge in [-0.2, -0.15) is 0 Å². The number of nitrogens with one attached hydrogen (secondary N) is 2. The minimum Gasteiger partial charge on any atom is -0.449 e. The molecule has 2 aromatic rings. The maximum Gasteiger partial charge on any atom is 0.338 e. The van der Waals surface area contributed by atoms with E-state index in [4.69, 9.17) is 4.74 Å². The summed E-state index contributed by atoms with van der Waals surface area (Å²) in [5, 5.41) is 7.24. The van der Waals surface area contributed by atoms with Crippen molar-refractivity contribution in [2.75, 3.05) is 11.9 Å². The van der Waals surface area contributed by atoms with Crippen LogP contribution in [0.5, 0.6) is 0 Å². The van der Waals surface area contributed by atoms with E-state index in [0.29, 0.717) is 22.7 Å². The lowest BCUT2D eigenvalue weighted by molar-refractivity contribution is -0.129. The first-order valence-corrected chi connectivity index (χ1v) is 8.83. The molecule has 0 aliphatic rings. The van der Waals surface area contributed by atoms with Crippen molar-refractivity contribution in [2.45, 2.75) is 26.4 Å². The molecule has 0 aliphatic carbocycles. The van der Waals surface area contributed by atoms with Gasteiger partial charge in [-0.05, 0) is 49.1 Å². The molecule has 1 unspecified atom stereocenters.